The van der Waals surface area contributed by atoms with Crippen LogP contribution < -0.4 is 5.32 Å². The number of imidazole rings is 1. The average Bonchev–Trinajstić information content (AvgIpc) is 3.00. The lowest BCUT2D eigenvalue weighted by Crippen LogP contribution is -2.43. The number of aromatic nitrogens is 2. The molecule has 0 bridgehead atoms. The summed E-state index contributed by atoms with van der Waals surface area (Å²) in [5, 5.41) is 14.3. The van der Waals surface area contributed by atoms with E-state index in [1.54, 1.807) is 24.3 Å². The van der Waals surface area contributed by atoms with Gasteiger partial charge in [0.05, 0.1) is 16.3 Å². The summed E-state index contributed by atoms with van der Waals surface area (Å²) in [5.74, 6) is 0. The number of aryl methyl sites for hydroxylation is 1. The van der Waals surface area contributed by atoms with Crippen LogP contribution in [0, 0.1) is 17.0 Å². The lowest BCUT2D eigenvalue weighted by atomic mass is 10.1. The highest BCUT2D eigenvalue weighted by Gasteiger charge is 2.19. The third kappa shape index (κ3) is 3.18. The molecule has 0 spiro atoms. The molecule has 0 aliphatic carbocycles. The molecule has 0 unspecified atom stereocenters. The Balaban J connectivity index is 1.79. The predicted octanol–water partition coefficient (Wildman–Crippen LogP) is 2.62. The maximum atomic E-state index is 10.9. The van der Waals surface area contributed by atoms with Crippen LogP contribution in [0.25, 0.3) is 16.9 Å². The number of piperazine rings is 1. The Bertz CT molecular complexity index is 942. The van der Waals surface area contributed by atoms with Gasteiger partial charge in [0.2, 0.25) is 0 Å². The highest BCUT2D eigenvalue weighted by atomic mass is 16.6. The Morgan fingerprint density at radius 2 is 1.88 bits per heavy atom. The second kappa shape index (κ2) is 6.86. The molecule has 2 aromatic heterocycles. The number of pyridine rings is 1. The van der Waals surface area contributed by atoms with Gasteiger partial charge in [0.25, 0.3) is 5.69 Å². The van der Waals surface area contributed by atoms with E-state index < -0.39 is 0 Å². The topological polar surface area (TPSA) is 75.7 Å². The van der Waals surface area contributed by atoms with E-state index in [9.17, 15) is 10.1 Å². The van der Waals surface area contributed by atoms with Gasteiger partial charge in [-0.15, -0.1) is 0 Å². The monoisotopic (exact) mass is 351 g/mol. The number of hydrogen-bond donors (Lipinski definition) is 1. The zero-order valence-electron chi connectivity index (χ0n) is 14.7. The number of fused-ring (bicyclic) bond motifs is 1. The predicted molar refractivity (Wildman–Crippen MR) is 100 cm³/mol. The first-order valence-electron chi connectivity index (χ1n) is 8.77. The fourth-order valence-corrected chi connectivity index (χ4v) is 3.40. The van der Waals surface area contributed by atoms with E-state index in [4.69, 9.17) is 4.98 Å². The van der Waals surface area contributed by atoms with Gasteiger partial charge in [-0.1, -0.05) is 6.07 Å². The number of nitro groups is 1. The van der Waals surface area contributed by atoms with E-state index in [0.29, 0.717) is 0 Å². The number of benzene rings is 1. The fourth-order valence-electron chi connectivity index (χ4n) is 3.40. The van der Waals surface area contributed by atoms with Crippen molar-refractivity contribution in [3.63, 3.8) is 0 Å². The molecule has 7 heteroatoms. The first kappa shape index (κ1) is 16.7. The summed E-state index contributed by atoms with van der Waals surface area (Å²) in [5.41, 5.74) is 5.09. The van der Waals surface area contributed by atoms with Gasteiger partial charge < -0.3 is 9.72 Å². The molecule has 26 heavy (non-hydrogen) atoms. The van der Waals surface area contributed by atoms with E-state index in [1.165, 1.54) is 5.56 Å². The van der Waals surface area contributed by atoms with Crippen molar-refractivity contribution in [3.05, 3.63) is 64.0 Å². The largest absolute Gasteiger partial charge is 0.314 e. The second-order valence-corrected chi connectivity index (χ2v) is 6.67. The third-order valence-corrected chi connectivity index (χ3v) is 4.80. The minimum atomic E-state index is -0.377. The van der Waals surface area contributed by atoms with E-state index in [2.05, 4.69) is 33.8 Å². The Morgan fingerprint density at radius 1 is 1.15 bits per heavy atom. The Kier molecular flexibility index (Phi) is 4.40. The number of nitro benzene ring substituents is 1. The van der Waals surface area contributed by atoms with Crippen molar-refractivity contribution in [2.45, 2.75) is 13.5 Å². The summed E-state index contributed by atoms with van der Waals surface area (Å²) < 4.78 is 2.15. The maximum Gasteiger partial charge on any atom is 0.269 e. The molecule has 134 valence electrons. The van der Waals surface area contributed by atoms with Gasteiger partial charge in [0, 0.05) is 56.6 Å². The van der Waals surface area contributed by atoms with E-state index in [0.717, 1.165) is 55.3 Å². The quantitative estimate of drug-likeness (QED) is 0.578. The molecule has 0 atom stereocenters. The second-order valence-electron chi connectivity index (χ2n) is 6.67. The molecule has 1 fully saturated rings. The van der Waals surface area contributed by atoms with Crippen molar-refractivity contribution >= 4 is 11.3 Å². The zero-order valence-corrected chi connectivity index (χ0v) is 14.7. The molecule has 0 amide bonds. The number of nitrogens with zero attached hydrogens (tertiary/aromatic N) is 4. The Hall–Kier alpha value is -2.77. The molecular weight excluding hydrogens is 330 g/mol. The molecule has 1 aliphatic rings. The van der Waals surface area contributed by atoms with Crippen LogP contribution in [0.5, 0.6) is 0 Å². The average molecular weight is 351 g/mol. The van der Waals surface area contributed by atoms with E-state index >= 15 is 0 Å². The maximum absolute atomic E-state index is 10.9. The van der Waals surface area contributed by atoms with Crippen LogP contribution in [-0.2, 0) is 6.54 Å². The highest BCUT2D eigenvalue weighted by molar-refractivity contribution is 5.67. The van der Waals surface area contributed by atoms with Gasteiger partial charge in [-0.2, -0.15) is 0 Å². The number of rotatable bonds is 4. The molecular formula is C19H21N5O2. The normalized spacial score (nSPS) is 15.4. The summed E-state index contributed by atoms with van der Waals surface area (Å²) >= 11 is 0. The summed E-state index contributed by atoms with van der Waals surface area (Å²) in [7, 11) is 0. The van der Waals surface area contributed by atoms with Gasteiger partial charge in [0.15, 0.2) is 0 Å². The van der Waals surface area contributed by atoms with Crippen molar-refractivity contribution in [3.8, 4) is 11.3 Å². The van der Waals surface area contributed by atoms with Crippen LogP contribution in [-0.4, -0.2) is 45.4 Å². The van der Waals surface area contributed by atoms with Crippen molar-refractivity contribution in [2.24, 2.45) is 0 Å². The summed E-state index contributed by atoms with van der Waals surface area (Å²) in [6, 6.07) is 10.7. The van der Waals surface area contributed by atoms with Crippen LogP contribution in [0.3, 0.4) is 0 Å². The molecule has 7 nitrogen and oxygen atoms in total. The molecule has 1 aromatic carbocycles. The smallest absolute Gasteiger partial charge is 0.269 e. The molecule has 0 saturated carbocycles. The van der Waals surface area contributed by atoms with Crippen LogP contribution in [0.2, 0.25) is 0 Å². The number of hydrogen-bond acceptors (Lipinski definition) is 5. The van der Waals surface area contributed by atoms with Gasteiger partial charge in [-0.25, -0.2) is 4.98 Å². The Labute approximate surface area is 151 Å². The van der Waals surface area contributed by atoms with Crippen LogP contribution in [0.1, 0.15) is 11.3 Å². The fraction of sp³-hybridized carbons (Fsp3) is 0.316. The van der Waals surface area contributed by atoms with Gasteiger partial charge >= 0.3 is 0 Å². The van der Waals surface area contributed by atoms with Crippen molar-refractivity contribution in [2.75, 3.05) is 26.2 Å². The lowest BCUT2D eigenvalue weighted by molar-refractivity contribution is -0.384. The summed E-state index contributed by atoms with van der Waals surface area (Å²) in [6.07, 6.45) is 2.11. The first-order chi connectivity index (χ1) is 12.6. The molecule has 3 heterocycles. The van der Waals surface area contributed by atoms with Crippen LogP contribution in [0.4, 0.5) is 5.69 Å². The van der Waals surface area contributed by atoms with E-state index in [-0.39, 0.29) is 10.6 Å². The minimum Gasteiger partial charge on any atom is -0.314 e. The molecule has 4 rings (SSSR count). The summed E-state index contributed by atoms with van der Waals surface area (Å²) in [6.45, 7) is 6.85. The van der Waals surface area contributed by atoms with E-state index in [1.807, 2.05) is 6.07 Å². The first-order valence-corrected chi connectivity index (χ1v) is 8.77. The van der Waals surface area contributed by atoms with Crippen molar-refractivity contribution in [1.29, 1.82) is 0 Å². The number of non-ortho nitro benzene ring substituents is 1. The molecule has 1 aliphatic heterocycles. The van der Waals surface area contributed by atoms with Crippen molar-refractivity contribution in [1.82, 2.24) is 19.6 Å². The van der Waals surface area contributed by atoms with Crippen LogP contribution >= 0.6 is 0 Å². The minimum absolute atomic E-state index is 0.0945. The molecule has 1 saturated heterocycles. The third-order valence-electron chi connectivity index (χ3n) is 4.80. The highest BCUT2D eigenvalue weighted by Crippen LogP contribution is 2.27. The van der Waals surface area contributed by atoms with Crippen LogP contribution in [0.15, 0.2) is 42.6 Å². The molecule has 3 aromatic rings. The SMILES string of the molecule is Cc1ccc2nc(-c3ccc([N+](=O)[O-])cc3)c(CN3CCNCC3)n2c1. The standard InChI is InChI=1S/C19H21N5O2/c1-14-2-7-18-21-19(15-3-5-16(6-4-15)24(25)26)17(23(18)12-14)13-22-10-8-20-9-11-22/h2-7,12,20H,8-11,13H2,1H3. The van der Waals surface area contributed by atoms with Crippen molar-refractivity contribution < 1.29 is 4.92 Å². The lowest BCUT2D eigenvalue weighted by Gasteiger charge is -2.27. The van der Waals surface area contributed by atoms with Gasteiger partial charge in [0.1, 0.15) is 5.65 Å². The number of nitrogens with one attached hydrogen (secondary N) is 1. The van der Waals surface area contributed by atoms with Gasteiger partial charge in [-0.05, 0) is 30.7 Å². The molecule has 1 N–H and O–H groups in total. The zero-order chi connectivity index (χ0) is 18.1. The van der Waals surface area contributed by atoms with Gasteiger partial charge in [-0.3, -0.25) is 15.0 Å². The Morgan fingerprint density at radius 3 is 2.58 bits per heavy atom. The summed E-state index contributed by atoms with van der Waals surface area (Å²) in [4.78, 5) is 17.8. The molecule has 0 radical (unpaired) electrons.